The van der Waals surface area contributed by atoms with Crippen molar-refractivity contribution in [1.82, 2.24) is 0 Å². The Morgan fingerprint density at radius 2 is 1.95 bits per heavy atom. The number of ether oxygens (including phenoxy) is 1. The SMILES string of the molecule is Nc1cccc(COCc2cccc(Br)c2)c1C(=O)O. The van der Waals surface area contributed by atoms with Crippen molar-refractivity contribution in [3.8, 4) is 0 Å². The fraction of sp³-hybridized carbons (Fsp3) is 0.133. The van der Waals surface area contributed by atoms with Crippen LogP contribution < -0.4 is 5.73 Å². The van der Waals surface area contributed by atoms with E-state index in [-0.39, 0.29) is 17.9 Å². The largest absolute Gasteiger partial charge is 0.478 e. The number of rotatable bonds is 5. The van der Waals surface area contributed by atoms with Crippen molar-refractivity contribution in [3.05, 3.63) is 63.6 Å². The maximum absolute atomic E-state index is 11.2. The Kier molecular flexibility index (Phi) is 4.76. The molecule has 104 valence electrons. The van der Waals surface area contributed by atoms with Crippen LogP contribution in [0.2, 0.25) is 0 Å². The molecule has 3 N–H and O–H groups in total. The van der Waals surface area contributed by atoms with Crippen molar-refractivity contribution in [3.63, 3.8) is 0 Å². The molecule has 0 saturated carbocycles. The van der Waals surface area contributed by atoms with Crippen LogP contribution in [-0.4, -0.2) is 11.1 Å². The summed E-state index contributed by atoms with van der Waals surface area (Å²) in [5.74, 6) is -1.04. The van der Waals surface area contributed by atoms with E-state index in [2.05, 4.69) is 15.9 Å². The Morgan fingerprint density at radius 1 is 1.20 bits per heavy atom. The number of benzene rings is 2. The molecule has 0 saturated heterocycles. The van der Waals surface area contributed by atoms with Crippen LogP contribution in [0.15, 0.2) is 46.9 Å². The van der Waals surface area contributed by atoms with Gasteiger partial charge in [0.15, 0.2) is 0 Å². The Bertz CT molecular complexity index is 628. The zero-order valence-electron chi connectivity index (χ0n) is 10.7. The fourth-order valence-corrected chi connectivity index (χ4v) is 2.35. The molecule has 0 amide bonds. The number of carboxylic acids is 1. The Balaban J connectivity index is 2.05. The molecule has 0 atom stereocenters. The van der Waals surface area contributed by atoms with E-state index in [4.69, 9.17) is 15.6 Å². The highest BCUT2D eigenvalue weighted by Gasteiger charge is 2.13. The molecule has 0 fully saturated rings. The minimum absolute atomic E-state index is 0.113. The van der Waals surface area contributed by atoms with Crippen LogP contribution in [0.3, 0.4) is 0 Å². The maximum atomic E-state index is 11.2. The summed E-state index contributed by atoms with van der Waals surface area (Å²) in [7, 11) is 0. The fourth-order valence-electron chi connectivity index (χ4n) is 1.91. The molecule has 0 bridgehead atoms. The number of halogens is 1. The maximum Gasteiger partial charge on any atom is 0.338 e. The van der Waals surface area contributed by atoms with E-state index in [1.54, 1.807) is 18.2 Å². The monoisotopic (exact) mass is 335 g/mol. The highest BCUT2D eigenvalue weighted by Crippen LogP contribution is 2.19. The van der Waals surface area contributed by atoms with Crippen molar-refractivity contribution in [2.45, 2.75) is 13.2 Å². The number of hydrogen-bond acceptors (Lipinski definition) is 3. The van der Waals surface area contributed by atoms with Crippen LogP contribution in [-0.2, 0) is 18.0 Å². The van der Waals surface area contributed by atoms with E-state index < -0.39 is 5.97 Å². The highest BCUT2D eigenvalue weighted by atomic mass is 79.9. The van der Waals surface area contributed by atoms with Gasteiger partial charge in [0.05, 0.1) is 18.8 Å². The van der Waals surface area contributed by atoms with E-state index in [1.807, 2.05) is 24.3 Å². The van der Waals surface area contributed by atoms with Gasteiger partial charge in [-0.05, 0) is 29.3 Å². The van der Waals surface area contributed by atoms with Gasteiger partial charge < -0.3 is 15.6 Å². The molecule has 0 aliphatic heterocycles. The van der Waals surface area contributed by atoms with E-state index >= 15 is 0 Å². The second-order valence-electron chi connectivity index (χ2n) is 4.31. The first-order valence-electron chi connectivity index (χ1n) is 6.01. The summed E-state index contributed by atoms with van der Waals surface area (Å²) in [5.41, 5.74) is 7.64. The van der Waals surface area contributed by atoms with Crippen molar-refractivity contribution in [1.29, 1.82) is 0 Å². The lowest BCUT2D eigenvalue weighted by Crippen LogP contribution is -2.08. The van der Waals surface area contributed by atoms with Gasteiger partial charge in [-0.1, -0.05) is 40.2 Å². The standard InChI is InChI=1S/C15H14BrNO3/c16-12-5-1-3-10(7-12)8-20-9-11-4-2-6-13(17)14(11)15(18)19/h1-7H,8-9,17H2,(H,18,19). The average molecular weight is 336 g/mol. The molecule has 0 radical (unpaired) electrons. The number of aromatic carboxylic acids is 1. The topological polar surface area (TPSA) is 72.5 Å². The number of nitrogen functional groups attached to an aromatic ring is 1. The van der Waals surface area contributed by atoms with Gasteiger partial charge in [0.2, 0.25) is 0 Å². The third-order valence-corrected chi connectivity index (χ3v) is 3.31. The third kappa shape index (κ3) is 3.59. The number of hydrogen-bond donors (Lipinski definition) is 2. The second kappa shape index (κ2) is 6.54. The van der Waals surface area contributed by atoms with Crippen molar-refractivity contribution in [2.24, 2.45) is 0 Å². The second-order valence-corrected chi connectivity index (χ2v) is 5.22. The van der Waals surface area contributed by atoms with Gasteiger partial charge in [0, 0.05) is 10.2 Å². The van der Waals surface area contributed by atoms with Crippen molar-refractivity contribution >= 4 is 27.6 Å². The molecular formula is C15H14BrNO3. The van der Waals surface area contributed by atoms with Gasteiger partial charge in [-0.25, -0.2) is 4.79 Å². The van der Waals surface area contributed by atoms with Gasteiger partial charge in [0.25, 0.3) is 0 Å². The van der Waals surface area contributed by atoms with Crippen molar-refractivity contribution in [2.75, 3.05) is 5.73 Å². The van der Waals surface area contributed by atoms with Gasteiger partial charge in [-0.3, -0.25) is 0 Å². The highest BCUT2D eigenvalue weighted by molar-refractivity contribution is 9.10. The smallest absolute Gasteiger partial charge is 0.338 e. The summed E-state index contributed by atoms with van der Waals surface area (Å²) in [6.45, 7) is 0.618. The van der Waals surface area contributed by atoms with E-state index in [0.29, 0.717) is 12.2 Å². The Morgan fingerprint density at radius 3 is 2.65 bits per heavy atom. The molecule has 0 spiro atoms. The van der Waals surface area contributed by atoms with Crippen LogP contribution in [0, 0.1) is 0 Å². The van der Waals surface area contributed by atoms with Crippen LogP contribution in [0.4, 0.5) is 5.69 Å². The minimum Gasteiger partial charge on any atom is -0.478 e. The minimum atomic E-state index is -1.04. The number of carbonyl (C=O) groups is 1. The quantitative estimate of drug-likeness (QED) is 0.821. The van der Waals surface area contributed by atoms with E-state index in [0.717, 1.165) is 10.0 Å². The van der Waals surface area contributed by atoms with Crippen LogP contribution in [0.5, 0.6) is 0 Å². The summed E-state index contributed by atoms with van der Waals surface area (Å²) in [6.07, 6.45) is 0. The molecule has 5 heteroatoms. The normalized spacial score (nSPS) is 10.4. The lowest BCUT2D eigenvalue weighted by molar-refractivity contribution is 0.0685. The van der Waals surface area contributed by atoms with Gasteiger partial charge >= 0.3 is 5.97 Å². The summed E-state index contributed by atoms with van der Waals surface area (Å²) in [4.78, 5) is 11.2. The van der Waals surface area contributed by atoms with Gasteiger partial charge in [-0.2, -0.15) is 0 Å². The van der Waals surface area contributed by atoms with Gasteiger partial charge in [-0.15, -0.1) is 0 Å². The molecule has 0 heterocycles. The molecule has 4 nitrogen and oxygen atoms in total. The molecule has 0 aliphatic rings. The summed E-state index contributed by atoms with van der Waals surface area (Å²) in [6, 6.07) is 12.8. The molecular weight excluding hydrogens is 322 g/mol. The molecule has 0 unspecified atom stereocenters. The molecule has 0 aliphatic carbocycles. The zero-order chi connectivity index (χ0) is 14.5. The molecule has 2 rings (SSSR count). The molecule has 2 aromatic rings. The molecule has 0 aromatic heterocycles. The first-order valence-corrected chi connectivity index (χ1v) is 6.80. The summed E-state index contributed by atoms with van der Waals surface area (Å²) in [5, 5.41) is 9.16. The predicted octanol–water partition coefficient (Wildman–Crippen LogP) is 3.45. The first-order chi connectivity index (χ1) is 9.58. The average Bonchev–Trinajstić information content (AvgIpc) is 2.38. The van der Waals surface area contributed by atoms with E-state index in [9.17, 15) is 4.79 Å². The predicted molar refractivity (Wildman–Crippen MR) is 80.4 cm³/mol. The number of nitrogens with two attached hydrogens (primary N) is 1. The zero-order valence-corrected chi connectivity index (χ0v) is 12.3. The first kappa shape index (κ1) is 14.6. The Labute approximate surface area is 125 Å². The lowest BCUT2D eigenvalue weighted by atomic mass is 10.1. The molecule has 2 aromatic carbocycles. The summed E-state index contributed by atoms with van der Waals surface area (Å²) < 4.78 is 6.55. The third-order valence-electron chi connectivity index (χ3n) is 2.81. The molecule has 20 heavy (non-hydrogen) atoms. The van der Waals surface area contributed by atoms with Crippen LogP contribution in [0.1, 0.15) is 21.5 Å². The Hall–Kier alpha value is -1.85. The van der Waals surface area contributed by atoms with Crippen LogP contribution in [0.25, 0.3) is 0 Å². The summed E-state index contributed by atoms with van der Waals surface area (Å²) >= 11 is 3.39. The van der Waals surface area contributed by atoms with Crippen LogP contribution >= 0.6 is 15.9 Å². The van der Waals surface area contributed by atoms with E-state index in [1.165, 1.54) is 0 Å². The van der Waals surface area contributed by atoms with Crippen molar-refractivity contribution < 1.29 is 14.6 Å². The number of carboxylic acid groups (broad SMARTS) is 1. The van der Waals surface area contributed by atoms with Gasteiger partial charge in [0.1, 0.15) is 0 Å². The lowest BCUT2D eigenvalue weighted by Gasteiger charge is -2.09. The number of anilines is 1.